The van der Waals surface area contributed by atoms with Crippen molar-refractivity contribution >= 4 is 34.5 Å². The lowest BCUT2D eigenvalue weighted by molar-refractivity contribution is -0.119. The Bertz CT molecular complexity index is 1130. The van der Waals surface area contributed by atoms with Crippen LogP contribution in [0.2, 0.25) is 0 Å². The number of benzene rings is 1. The number of Topliss-reactive ketones (excluding diaryl/α,β-unsaturated/α-hetero) is 1. The minimum atomic E-state index is -0.261. The van der Waals surface area contributed by atoms with E-state index in [2.05, 4.69) is 28.7 Å². The summed E-state index contributed by atoms with van der Waals surface area (Å²) < 4.78 is 0. The van der Waals surface area contributed by atoms with Crippen LogP contribution >= 0.6 is 11.3 Å². The molecule has 0 fully saturated rings. The number of fused-ring (bicyclic) bond motifs is 1. The van der Waals surface area contributed by atoms with Crippen LogP contribution in [0.1, 0.15) is 53.8 Å². The van der Waals surface area contributed by atoms with Gasteiger partial charge in [0.15, 0.2) is 11.6 Å². The number of ketones is 1. The second kappa shape index (κ2) is 9.79. The summed E-state index contributed by atoms with van der Waals surface area (Å²) in [5, 5.41) is 0. The summed E-state index contributed by atoms with van der Waals surface area (Å²) in [7, 11) is 1.78. The summed E-state index contributed by atoms with van der Waals surface area (Å²) in [4.78, 5) is 43.4. The molecule has 0 radical (unpaired) electrons. The molecular formula is C25H29N5O2S. The maximum absolute atomic E-state index is 12.7. The third kappa shape index (κ3) is 5.11. The number of thiazole rings is 1. The minimum Gasteiger partial charge on any atom is -0.343 e. The van der Waals surface area contributed by atoms with E-state index in [1.54, 1.807) is 35.0 Å². The molecule has 3 aromatic rings. The van der Waals surface area contributed by atoms with Crippen LogP contribution in [0.25, 0.3) is 0 Å². The van der Waals surface area contributed by atoms with E-state index in [1.165, 1.54) is 0 Å². The molecule has 0 saturated carbocycles. The molecule has 1 aliphatic rings. The van der Waals surface area contributed by atoms with Crippen molar-refractivity contribution in [1.29, 1.82) is 0 Å². The van der Waals surface area contributed by atoms with Gasteiger partial charge in [-0.15, -0.1) is 11.3 Å². The minimum absolute atomic E-state index is 0.0510. The number of nitrogens with zero attached hydrogens (tertiary/aromatic N) is 5. The molecule has 1 aromatic carbocycles. The second-order valence-corrected chi connectivity index (χ2v) is 9.85. The lowest BCUT2D eigenvalue weighted by Crippen LogP contribution is -2.52. The zero-order valence-electron chi connectivity index (χ0n) is 19.5. The number of hydrogen-bond acceptors (Lipinski definition) is 7. The van der Waals surface area contributed by atoms with Crippen LogP contribution in [0.5, 0.6) is 0 Å². The van der Waals surface area contributed by atoms with Gasteiger partial charge in [-0.25, -0.2) is 9.97 Å². The molecule has 1 aliphatic heterocycles. The predicted molar refractivity (Wildman–Crippen MR) is 131 cm³/mol. The molecule has 33 heavy (non-hydrogen) atoms. The van der Waals surface area contributed by atoms with E-state index in [-0.39, 0.29) is 17.7 Å². The molecule has 3 heterocycles. The van der Waals surface area contributed by atoms with E-state index in [0.29, 0.717) is 30.1 Å². The monoisotopic (exact) mass is 463 g/mol. The number of carbonyl (C=O) groups excluding carboxylic acids is 2. The molecule has 1 atom stereocenters. The summed E-state index contributed by atoms with van der Waals surface area (Å²) >= 11 is 1.57. The van der Waals surface area contributed by atoms with Gasteiger partial charge in [0.05, 0.1) is 11.7 Å². The normalized spacial score (nSPS) is 15.8. The van der Waals surface area contributed by atoms with Gasteiger partial charge in [-0.2, -0.15) is 0 Å². The van der Waals surface area contributed by atoms with Gasteiger partial charge in [-0.1, -0.05) is 38.1 Å². The zero-order chi connectivity index (χ0) is 23.5. The summed E-state index contributed by atoms with van der Waals surface area (Å²) in [6, 6.07) is 7.42. The highest BCUT2D eigenvalue weighted by molar-refractivity contribution is 7.09. The molecule has 7 nitrogen and oxygen atoms in total. The summed E-state index contributed by atoms with van der Waals surface area (Å²) in [6.45, 7) is 6.95. The third-order valence-electron chi connectivity index (χ3n) is 5.87. The highest BCUT2D eigenvalue weighted by Crippen LogP contribution is 2.33. The summed E-state index contributed by atoms with van der Waals surface area (Å²) in [5.41, 5.74) is 4.28. The molecule has 8 heteroatoms. The van der Waals surface area contributed by atoms with Crippen LogP contribution in [-0.2, 0) is 17.6 Å². The van der Waals surface area contributed by atoms with E-state index in [1.807, 2.05) is 37.4 Å². The Balaban J connectivity index is 1.48. The van der Waals surface area contributed by atoms with E-state index < -0.39 is 0 Å². The van der Waals surface area contributed by atoms with Gasteiger partial charge in [-0.3, -0.25) is 14.6 Å². The molecule has 2 aromatic heterocycles. The second-order valence-electron chi connectivity index (χ2n) is 8.88. The maximum Gasteiger partial charge on any atom is 0.249 e. The van der Waals surface area contributed by atoms with Crippen LogP contribution in [0.4, 0.5) is 11.5 Å². The maximum atomic E-state index is 12.7. The molecule has 0 N–H and O–H groups in total. The number of aromatic nitrogens is 3. The number of rotatable bonds is 8. The molecule has 4 rings (SSSR count). The smallest absolute Gasteiger partial charge is 0.249 e. The van der Waals surface area contributed by atoms with E-state index in [9.17, 15) is 9.59 Å². The van der Waals surface area contributed by atoms with Crippen LogP contribution in [0.3, 0.4) is 0 Å². The van der Waals surface area contributed by atoms with Gasteiger partial charge in [0.25, 0.3) is 0 Å². The Morgan fingerprint density at radius 2 is 1.94 bits per heavy atom. The van der Waals surface area contributed by atoms with Crippen molar-refractivity contribution in [3.05, 3.63) is 64.0 Å². The highest BCUT2D eigenvalue weighted by atomic mass is 32.1. The largest absolute Gasteiger partial charge is 0.343 e. The first-order valence-corrected chi connectivity index (χ1v) is 12.1. The highest BCUT2D eigenvalue weighted by Gasteiger charge is 2.35. The Labute approximate surface area is 198 Å². The number of carbonyl (C=O) groups is 2. The zero-order valence-corrected chi connectivity index (χ0v) is 20.3. The van der Waals surface area contributed by atoms with Crippen LogP contribution in [0, 0.1) is 5.92 Å². The van der Waals surface area contributed by atoms with Crippen molar-refractivity contribution < 1.29 is 9.59 Å². The van der Waals surface area contributed by atoms with E-state index >= 15 is 0 Å². The lowest BCUT2D eigenvalue weighted by Gasteiger charge is -2.39. The van der Waals surface area contributed by atoms with Gasteiger partial charge in [0.2, 0.25) is 5.91 Å². The Morgan fingerprint density at radius 1 is 1.18 bits per heavy atom. The molecule has 172 valence electrons. The fourth-order valence-corrected chi connectivity index (χ4v) is 4.63. The van der Waals surface area contributed by atoms with Crippen LogP contribution in [0.15, 0.2) is 42.2 Å². The first kappa shape index (κ1) is 23.0. The van der Waals surface area contributed by atoms with Gasteiger partial charge >= 0.3 is 0 Å². The van der Waals surface area contributed by atoms with E-state index in [0.717, 1.165) is 34.9 Å². The molecular weight excluding hydrogens is 434 g/mol. The molecule has 1 amide bonds. The third-order valence-corrected chi connectivity index (χ3v) is 6.71. The summed E-state index contributed by atoms with van der Waals surface area (Å²) in [6.07, 6.45) is 5.31. The van der Waals surface area contributed by atoms with Gasteiger partial charge in [-0.05, 0) is 24.8 Å². The first-order valence-electron chi connectivity index (χ1n) is 11.2. The van der Waals surface area contributed by atoms with Crippen molar-refractivity contribution in [2.75, 3.05) is 23.4 Å². The molecule has 0 saturated heterocycles. The van der Waals surface area contributed by atoms with Crippen molar-refractivity contribution in [3.8, 4) is 0 Å². The van der Waals surface area contributed by atoms with Gasteiger partial charge in [0.1, 0.15) is 17.6 Å². The number of aryl methyl sites for hydroxylation is 1. The SMILES string of the molecule is CC(C)CN1c2nc(Cc3ccc(C(=O)CCc4cncs4)cc3)ncc2N(C)C(=O)C1C. The van der Waals surface area contributed by atoms with Gasteiger partial charge < -0.3 is 9.80 Å². The average molecular weight is 464 g/mol. The quantitative estimate of drug-likeness (QED) is 0.467. The topological polar surface area (TPSA) is 79.3 Å². The Hall–Kier alpha value is -3.13. The fourth-order valence-electron chi connectivity index (χ4n) is 4.03. The number of hydrogen-bond donors (Lipinski definition) is 0. The Morgan fingerprint density at radius 3 is 2.61 bits per heavy atom. The standard InChI is InChI=1S/C25H29N5O2S/c1-16(2)14-30-17(3)25(32)29(4)21-13-27-23(28-24(21)30)11-18-5-7-19(8-6-18)22(31)10-9-20-12-26-15-33-20/h5-8,12-13,15-17H,9-11,14H2,1-4H3. The molecule has 0 aliphatic carbocycles. The summed E-state index contributed by atoms with van der Waals surface area (Å²) in [5.74, 6) is 2.08. The number of likely N-dealkylation sites (N-methyl/N-ethyl adjacent to an activating group) is 1. The predicted octanol–water partition coefficient (Wildman–Crippen LogP) is 4.17. The van der Waals surface area contributed by atoms with E-state index in [4.69, 9.17) is 4.98 Å². The Kier molecular flexibility index (Phi) is 6.83. The first-order chi connectivity index (χ1) is 15.8. The van der Waals surface area contributed by atoms with Crippen molar-refractivity contribution in [1.82, 2.24) is 15.0 Å². The molecule has 0 bridgehead atoms. The fraction of sp³-hybridized carbons (Fsp3) is 0.400. The van der Waals surface area contributed by atoms with Crippen molar-refractivity contribution in [2.45, 2.75) is 46.1 Å². The number of anilines is 2. The molecule has 1 unspecified atom stereocenters. The van der Waals surface area contributed by atoms with Crippen LogP contribution in [-0.4, -0.2) is 46.3 Å². The van der Waals surface area contributed by atoms with Crippen molar-refractivity contribution in [2.24, 2.45) is 5.92 Å². The molecule has 0 spiro atoms. The number of amides is 1. The van der Waals surface area contributed by atoms with Crippen LogP contribution < -0.4 is 9.80 Å². The lowest BCUT2D eigenvalue weighted by atomic mass is 10.0. The van der Waals surface area contributed by atoms with Crippen molar-refractivity contribution in [3.63, 3.8) is 0 Å². The average Bonchev–Trinajstić information content (AvgIpc) is 3.33. The van der Waals surface area contributed by atoms with Gasteiger partial charge in [0, 0.05) is 43.1 Å².